The Labute approximate surface area is 160 Å². The number of fused-ring (bicyclic) bond motifs is 1. The number of carbonyl (C=O) groups is 2. The summed E-state index contributed by atoms with van der Waals surface area (Å²) in [4.78, 5) is 25.2. The van der Waals surface area contributed by atoms with Crippen molar-refractivity contribution in [2.75, 3.05) is 12.1 Å². The number of amides is 2. The zero-order valence-corrected chi connectivity index (χ0v) is 16.0. The van der Waals surface area contributed by atoms with Crippen molar-refractivity contribution in [2.45, 2.75) is 19.9 Å². The fraction of sp³-hybridized carbons (Fsp3) is 0.263. The number of carbonyl (C=O) groups excluding carboxylic acids is 2. The maximum atomic E-state index is 12.7. The summed E-state index contributed by atoms with van der Waals surface area (Å²) in [6.45, 7) is 3.93. The van der Waals surface area contributed by atoms with E-state index in [1.807, 2.05) is 19.9 Å². The zero-order chi connectivity index (χ0) is 18.7. The summed E-state index contributed by atoms with van der Waals surface area (Å²) >= 11 is 3.36. The molecule has 0 radical (unpaired) electrons. The van der Waals surface area contributed by atoms with Crippen LogP contribution in [-0.2, 0) is 4.79 Å². The summed E-state index contributed by atoms with van der Waals surface area (Å²) in [7, 11) is 0. The van der Waals surface area contributed by atoms with Gasteiger partial charge in [0.25, 0.3) is 5.91 Å². The molecule has 2 N–H and O–H groups in total. The van der Waals surface area contributed by atoms with Crippen LogP contribution < -0.4 is 20.1 Å². The van der Waals surface area contributed by atoms with E-state index in [0.717, 1.165) is 0 Å². The number of benzene rings is 2. The fourth-order valence-electron chi connectivity index (χ4n) is 2.59. The lowest BCUT2D eigenvalue weighted by molar-refractivity contribution is -0.118. The molecule has 1 atom stereocenters. The van der Waals surface area contributed by atoms with E-state index in [9.17, 15) is 9.59 Å². The lowest BCUT2D eigenvalue weighted by Gasteiger charge is -2.22. The molecule has 136 valence electrons. The maximum absolute atomic E-state index is 12.7. The Balaban J connectivity index is 1.72. The second kappa shape index (κ2) is 7.78. The number of hydrogen-bond donors (Lipinski definition) is 2. The van der Waals surface area contributed by atoms with Gasteiger partial charge in [-0.25, -0.2) is 0 Å². The van der Waals surface area contributed by atoms with Crippen LogP contribution in [0.2, 0.25) is 0 Å². The van der Waals surface area contributed by atoms with Crippen LogP contribution in [0.1, 0.15) is 24.2 Å². The Hall–Kier alpha value is -2.54. The van der Waals surface area contributed by atoms with Crippen molar-refractivity contribution in [3.63, 3.8) is 0 Å². The standard InChI is InChI=1S/C19H19BrN2O4/c1-11(2)17(22-18(23)13-5-3-4-6-14(13)20)19(24)21-12-7-8-15-16(9-12)26-10-25-15/h3-9,11,17H,10H2,1-2H3,(H,21,24)(H,22,23)/t17-/m1/s1. The van der Waals surface area contributed by atoms with Crippen LogP contribution in [0.25, 0.3) is 0 Å². The molecule has 26 heavy (non-hydrogen) atoms. The predicted octanol–water partition coefficient (Wildman–Crippen LogP) is 3.57. The Kier molecular flexibility index (Phi) is 5.46. The van der Waals surface area contributed by atoms with Crippen LogP contribution >= 0.6 is 15.9 Å². The molecule has 1 aliphatic rings. The van der Waals surface area contributed by atoms with Gasteiger partial charge in [-0.1, -0.05) is 26.0 Å². The topological polar surface area (TPSA) is 76.7 Å². The monoisotopic (exact) mass is 418 g/mol. The third kappa shape index (κ3) is 3.99. The molecule has 1 heterocycles. The summed E-state index contributed by atoms with van der Waals surface area (Å²) in [5.41, 5.74) is 1.06. The van der Waals surface area contributed by atoms with Gasteiger partial charge in [-0.05, 0) is 46.1 Å². The Morgan fingerprint density at radius 3 is 2.54 bits per heavy atom. The first-order chi connectivity index (χ1) is 12.5. The highest BCUT2D eigenvalue weighted by molar-refractivity contribution is 9.10. The number of halogens is 1. The van der Waals surface area contributed by atoms with Crippen molar-refractivity contribution in [1.29, 1.82) is 0 Å². The van der Waals surface area contributed by atoms with E-state index in [-0.39, 0.29) is 24.5 Å². The van der Waals surface area contributed by atoms with Crippen molar-refractivity contribution in [2.24, 2.45) is 5.92 Å². The Morgan fingerprint density at radius 2 is 1.81 bits per heavy atom. The van der Waals surface area contributed by atoms with E-state index < -0.39 is 6.04 Å². The lowest BCUT2D eigenvalue weighted by atomic mass is 10.0. The Morgan fingerprint density at radius 1 is 1.08 bits per heavy atom. The highest BCUT2D eigenvalue weighted by Gasteiger charge is 2.26. The quantitative estimate of drug-likeness (QED) is 0.777. The second-order valence-electron chi connectivity index (χ2n) is 6.23. The van der Waals surface area contributed by atoms with Crippen LogP contribution in [0, 0.1) is 5.92 Å². The summed E-state index contributed by atoms with van der Waals surface area (Å²) in [5, 5.41) is 5.63. The third-order valence-electron chi connectivity index (χ3n) is 3.99. The van der Waals surface area contributed by atoms with E-state index in [2.05, 4.69) is 26.6 Å². The largest absolute Gasteiger partial charge is 0.454 e. The molecular formula is C19H19BrN2O4. The molecule has 6 nitrogen and oxygen atoms in total. The smallest absolute Gasteiger partial charge is 0.253 e. The SMILES string of the molecule is CC(C)[C@@H](NC(=O)c1ccccc1Br)C(=O)Nc1ccc2c(c1)OCO2. The fourth-order valence-corrected chi connectivity index (χ4v) is 3.06. The first-order valence-corrected chi connectivity index (χ1v) is 9.01. The van der Waals surface area contributed by atoms with Crippen LogP contribution in [-0.4, -0.2) is 24.6 Å². The van der Waals surface area contributed by atoms with Crippen molar-refractivity contribution in [3.8, 4) is 11.5 Å². The molecule has 2 aromatic rings. The molecule has 0 aliphatic carbocycles. The Bertz CT molecular complexity index is 838. The molecule has 3 rings (SSSR count). The van der Waals surface area contributed by atoms with Gasteiger partial charge in [0, 0.05) is 16.2 Å². The minimum Gasteiger partial charge on any atom is -0.454 e. The maximum Gasteiger partial charge on any atom is 0.253 e. The van der Waals surface area contributed by atoms with Gasteiger partial charge in [0.05, 0.1) is 5.56 Å². The van der Waals surface area contributed by atoms with E-state index in [0.29, 0.717) is 27.2 Å². The number of hydrogen-bond acceptors (Lipinski definition) is 4. The average molecular weight is 419 g/mol. The normalized spacial score (nSPS) is 13.4. The molecule has 2 amide bonds. The number of anilines is 1. The van der Waals surface area contributed by atoms with Crippen LogP contribution in [0.4, 0.5) is 5.69 Å². The molecule has 0 unspecified atom stereocenters. The van der Waals surface area contributed by atoms with E-state index in [1.54, 1.807) is 36.4 Å². The highest BCUT2D eigenvalue weighted by atomic mass is 79.9. The molecule has 0 bridgehead atoms. The molecular weight excluding hydrogens is 400 g/mol. The molecule has 0 spiro atoms. The third-order valence-corrected chi connectivity index (χ3v) is 4.69. The lowest BCUT2D eigenvalue weighted by Crippen LogP contribution is -2.47. The second-order valence-corrected chi connectivity index (χ2v) is 7.09. The minimum atomic E-state index is -0.681. The van der Waals surface area contributed by atoms with Crippen LogP contribution in [0.5, 0.6) is 11.5 Å². The van der Waals surface area contributed by atoms with E-state index in [4.69, 9.17) is 9.47 Å². The van der Waals surface area contributed by atoms with E-state index in [1.165, 1.54) is 0 Å². The first-order valence-electron chi connectivity index (χ1n) is 8.21. The first kappa shape index (κ1) is 18.3. The van der Waals surface area contributed by atoms with Crippen LogP contribution in [0.3, 0.4) is 0 Å². The molecule has 0 saturated heterocycles. The molecule has 1 aliphatic heterocycles. The summed E-state index contributed by atoms with van der Waals surface area (Å²) in [5.74, 6) is 0.540. The molecule has 7 heteroatoms. The number of nitrogens with one attached hydrogen (secondary N) is 2. The highest BCUT2D eigenvalue weighted by Crippen LogP contribution is 2.34. The van der Waals surface area contributed by atoms with E-state index >= 15 is 0 Å². The molecule has 0 saturated carbocycles. The molecule has 0 fully saturated rings. The summed E-state index contributed by atoms with van der Waals surface area (Å²) in [6.07, 6.45) is 0. The number of rotatable bonds is 5. The predicted molar refractivity (Wildman–Crippen MR) is 101 cm³/mol. The van der Waals surface area contributed by atoms with Gasteiger partial charge in [-0.3, -0.25) is 9.59 Å². The summed E-state index contributed by atoms with van der Waals surface area (Å²) in [6, 6.07) is 11.6. The van der Waals surface area contributed by atoms with Crippen molar-refractivity contribution in [1.82, 2.24) is 5.32 Å². The van der Waals surface area contributed by atoms with Gasteiger partial charge in [0.2, 0.25) is 12.7 Å². The van der Waals surface area contributed by atoms with Crippen molar-refractivity contribution in [3.05, 3.63) is 52.5 Å². The summed E-state index contributed by atoms with van der Waals surface area (Å²) < 4.78 is 11.3. The minimum absolute atomic E-state index is 0.0875. The molecule has 0 aromatic heterocycles. The van der Waals surface area contributed by atoms with Crippen LogP contribution in [0.15, 0.2) is 46.9 Å². The van der Waals surface area contributed by atoms with Gasteiger partial charge in [-0.2, -0.15) is 0 Å². The van der Waals surface area contributed by atoms with Gasteiger partial charge < -0.3 is 20.1 Å². The number of ether oxygens (including phenoxy) is 2. The van der Waals surface area contributed by atoms with Gasteiger partial charge >= 0.3 is 0 Å². The van der Waals surface area contributed by atoms with Gasteiger partial charge in [-0.15, -0.1) is 0 Å². The van der Waals surface area contributed by atoms with Gasteiger partial charge in [0.15, 0.2) is 11.5 Å². The van der Waals surface area contributed by atoms with Crippen molar-refractivity contribution < 1.29 is 19.1 Å². The van der Waals surface area contributed by atoms with Crippen molar-refractivity contribution >= 4 is 33.4 Å². The van der Waals surface area contributed by atoms with Gasteiger partial charge in [0.1, 0.15) is 6.04 Å². The average Bonchev–Trinajstić information content (AvgIpc) is 3.07. The zero-order valence-electron chi connectivity index (χ0n) is 14.4. The molecule has 2 aromatic carbocycles.